The number of nitrogens with zero attached hydrogens (tertiary/aromatic N) is 1. The Kier molecular flexibility index (Phi) is 3.48. The molecule has 2 fully saturated rings. The van der Waals surface area contributed by atoms with Gasteiger partial charge in [0.15, 0.2) is 0 Å². The first-order chi connectivity index (χ1) is 8.00. The van der Waals surface area contributed by atoms with Crippen molar-refractivity contribution < 1.29 is 4.79 Å². The Bertz CT molecular complexity index is 293. The monoisotopic (exact) mass is 238 g/mol. The van der Waals surface area contributed by atoms with Crippen LogP contribution in [0.15, 0.2) is 0 Å². The van der Waals surface area contributed by atoms with Gasteiger partial charge in [0.1, 0.15) is 5.54 Å². The summed E-state index contributed by atoms with van der Waals surface area (Å²) in [5, 5.41) is 3.22. The molecule has 3 heteroatoms. The van der Waals surface area contributed by atoms with Crippen LogP contribution in [0.4, 0.5) is 0 Å². The fourth-order valence-corrected chi connectivity index (χ4v) is 3.48. The summed E-state index contributed by atoms with van der Waals surface area (Å²) in [7, 11) is 0. The van der Waals surface area contributed by atoms with E-state index in [4.69, 9.17) is 0 Å². The summed E-state index contributed by atoms with van der Waals surface area (Å²) >= 11 is 0. The molecule has 1 heterocycles. The molecule has 1 spiro atoms. The molecular formula is C14H26N2O. The molecule has 1 aliphatic heterocycles. The summed E-state index contributed by atoms with van der Waals surface area (Å²) in [5.74, 6) is 0.280. The van der Waals surface area contributed by atoms with Crippen LogP contribution in [0, 0.1) is 0 Å². The van der Waals surface area contributed by atoms with Crippen LogP contribution in [-0.2, 0) is 4.79 Å². The van der Waals surface area contributed by atoms with Crippen molar-refractivity contribution in [3.05, 3.63) is 0 Å². The Balaban J connectivity index is 2.23. The number of piperazine rings is 1. The summed E-state index contributed by atoms with van der Waals surface area (Å²) in [6.45, 7) is 8.51. The standard InChI is InChI=1S/C14H26N2O/c1-4-10-16-11-13(2,3)15-12(17)14(16)8-6-5-7-9-14/h4-11H2,1-3H3,(H,15,17). The molecule has 98 valence electrons. The van der Waals surface area contributed by atoms with Gasteiger partial charge in [0.2, 0.25) is 5.91 Å². The zero-order valence-corrected chi connectivity index (χ0v) is 11.5. The van der Waals surface area contributed by atoms with E-state index in [1.54, 1.807) is 0 Å². The van der Waals surface area contributed by atoms with Crippen molar-refractivity contribution in [2.45, 2.75) is 70.4 Å². The van der Waals surface area contributed by atoms with E-state index < -0.39 is 0 Å². The van der Waals surface area contributed by atoms with Crippen LogP contribution >= 0.6 is 0 Å². The van der Waals surface area contributed by atoms with Crippen LogP contribution in [0.3, 0.4) is 0 Å². The van der Waals surface area contributed by atoms with Gasteiger partial charge in [-0.3, -0.25) is 9.69 Å². The number of carbonyl (C=O) groups excluding carboxylic acids is 1. The van der Waals surface area contributed by atoms with Crippen LogP contribution in [0.5, 0.6) is 0 Å². The molecule has 1 aliphatic carbocycles. The van der Waals surface area contributed by atoms with Gasteiger partial charge in [-0.2, -0.15) is 0 Å². The van der Waals surface area contributed by atoms with Gasteiger partial charge < -0.3 is 5.32 Å². The average Bonchev–Trinajstić information content (AvgIpc) is 2.27. The number of carbonyl (C=O) groups is 1. The molecule has 0 radical (unpaired) electrons. The van der Waals surface area contributed by atoms with E-state index in [0.29, 0.717) is 0 Å². The predicted molar refractivity (Wildman–Crippen MR) is 69.9 cm³/mol. The van der Waals surface area contributed by atoms with E-state index in [0.717, 1.165) is 32.4 Å². The maximum absolute atomic E-state index is 12.5. The molecular weight excluding hydrogens is 212 g/mol. The van der Waals surface area contributed by atoms with Crippen molar-refractivity contribution in [1.82, 2.24) is 10.2 Å². The van der Waals surface area contributed by atoms with Crippen molar-refractivity contribution in [3.8, 4) is 0 Å². The molecule has 2 aliphatic rings. The van der Waals surface area contributed by atoms with Gasteiger partial charge in [0, 0.05) is 12.1 Å². The van der Waals surface area contributed by atoms with Crippen LogP contribution in [-0.4, -0.2) is 35.0 Å². The molecule has 1 amide bonds. The van der Waals surface area contributed by atoms with E-state index in [1.807, 2.05) is 0 Å². The van der Waals surface area contributed by atoms with Crippen molar-refractivity contribution in [2.24, 2.45) is 0 Å². The molecule has 1 saturated heterocycles. The Morgan fingerprint density at radius 2 is 1.88 bits per heavy atom. The molecule has 0 unspecified atom stereocenters. The highest BCUT2D eigenvalue weighted by molar-refractivity contribution is 5.88. The van der Waals surface area contributed by atoms with Gasteiger partial charge >= 0.3 is 0 Å². The van der Waals surface area contributed by atoms with Gasteiger partial charge in [-0.1, -0.05) is 26.2 Å². The van der Waals surface area contributed by atoms with Crippen molar-refractivity contribution in [3.63, 3.8) is 0 Å². The lowest BCUT2D eigenvalue weighted by molar-refractivity contribution is -0.145. The lowest BCUT2D eigenvalue weighted by atomic mass is 9.76. The molecule has 17 heavy (non-hydrogen) atoms. The zero-order valence-electron chi connectivity index (χ0n) is 11.5. The van der Waals surface area contributed by atoms with Crippen LogP contribution in [0.2, 0.25) is 0 Å². The Hall–Kier alpha value is -0.570. The van der Waals surface area contributed by atoms with E-state index in [2.05, 4.69) is 31.0 Å². The fraction of sp³-hybridized carbons (Fsp3) is 0.929. The number of hydrogen-bond donors (Lipinski definition) is 1. The quantitative estimate of drug-likeness (QED) is 0.800. The maximum Gasteiger partial charge on any atom is 0.240 e. The molecule has 0 atom stereocenters. The van der Waals surface area contributed by atoms with Crippen LogP contribution in [0.1, 0.15) is 59.3 Å². The highest BCUT2D eigenvalue weighted by Crippen LogP contribution is 2.37. The summed E-state index contributed by atoms with van der Waals surface area (Å²) < 4.78 is 0. The third-order valence-electron chi connectivity index (χ3n) is 4.24. The van der Waals surface area contributed by atoms with Gasteiger partial charge in [0.05, 0.1) is 0 Å². The molecule has 0 aromatic heterocycles. The summed E-state index contributed by atoms with van der Waals surface area (Å²) in [6.07, 6.45) is 6.93. The minimum absolute atomic E-state index is 0.0745. The van der Waals surface area contributed by atoms with Gasteiger partial charge in [-0.05, 0) is 39.7 Å². The largest absolute Gasteiger partial charge is 0.348 e. The zero-order chi connectivity index (χ0) is 12.5. The third-order valence-corrected chi connectivity index (χ3v) is 4.24. The highest BCUT2D eigenvalue weighted by Gasteiger charge is 2.50. The number of amides is 1. The molecule has 0 aromatic rings. The van der Waals surface area contributed by atoms with E-state index in [9.17, 15) is 4.79 Å². The van der Waals surface area contributed by atoms with E-state index >= 15 is 0 Å². The minimum Gasteiger partial charge on any atom is -0.348 e. The molecule has 3 nitrogen and oxygen atoms in total. The molecule has 2 rings (SSSR count). The summed E-state index contributed by atoms with van der Waals surface area (Å²) in [6, 6.07) is 0. The second-order valence-electron chi connectivity index (χ2n) is 6.35. The number of hydrogen-bond acceptors (Lipinski definition) is 2. The smallest absolute Gasteiger partial charge is 0.240 e. The Morgan fingerprint density at radius 1 is 1.24 bits per heavy atom. The lowest BCUT2D eigenvalue weighted by Crippen LogP contribution is -2.71. The van der Waals surface area contributed by atoms with Gasteiger partial charge in [-0.15, -0.1) is 0 Å². The topological polar surface area (TPSA) is 32.3 Å². The molecule has 1 saturated carbocycles. The Labute approximate surface area is 105 Å². The van der Waals surface area contributed by atoms with Crippen LogP contribution < -0.4 is 5.32 Å². The first kappa shape index (κ1) is 12.9. The van der Waals surface area contributed by atoms with Crippen LogP contribution in [0.25, 0.3) is 0 Å². The fourth-order valence-electron chi connectivity index (χ4n) is 3.48. The molecule has 1 N–H and O–H groups in total. The molecule has 0 bridgehead atoms. The second-order valence-corrected chi connectivity index (χ2v) is 6.35. The number of nitrogens with one attached hydrogen (secondary N) is 1. The van der Waals surface area contributed by atoms with Gasteiger partial charge in [0.25, 0.3) is 0 Å². The van der Waals surface area contributed by atoms with Crippen molar-refractivity contribution >= 4 is 5.91 Å². The first-order valence-corrected chi connectivity index (χ1v) is 7.08. The highest BCUT2D eigenvalue weighted by atomic mass is 16.2. The van der Waals surface area contributed by atoms with Crippen molar-refractivity contribution in [2.75, 3.05) is 13.1 Å². The summed E-state index contributed by atoms with van der Waals surface area (Å²) in [4.78, 5) is 15.0. The van der Waals surface area contributed by atoms with E-state index in [1.165, 1.54) is 19.3 Å². The lowest BCUT2D eigenvalue weighted by Gasteiger charge is -2.53. The predicted octanol–water partition coefficient (Wildman–Crippen LogP) is 2.31. The SMILES string of the molecule is CCCN1CC(C)(C)NC(=O)C12CCCCC2. The first-order valence-electron chi connectivity index (χ1n) is 7.08. The normalized spacial score (nSPS) is 28.1. The Morgan fingerprint density at radius 3 is 2.47 bits per heavy atom. The minimum atomic E-state index is -0.177. The second kappa shape index (κ2) is 4.60. The average molecular weight is 238 g/mol. The van der Waals surface area contributed by atoms with Crippen molar-refractivity contribution in [1.29, 1.82) is 0 Å². The molecule has 0 aromatic carbocycles. The van der Waals surface area contributed by atoms with E-state index in [-0.39, 0.29) is 17.0 Å². The third kappa shape index (κ3) is 2.35. The maximum atomic E-state index is 12.5. The van der Waals surface area contributed by atoms with Gasteiger partial charge in [-0.25, -0.2) is 0 Å². The number of rotatable bonds is 2. The summed E-state index contributed by atoms with van der Waals surface area (Å²) in [5.41, 5.74) is -0.251.